The van der Waals surface area contributed by atoms with Crippen LogP contribution in [0.4, 0.5) is 5.69 Å². The number of carbonyl (C=O) groups is 2. The normalized spacial score (nSPS) is 12.6. The van der Waals surface area contributed by atoms with Crippen LogP contribution < -0.4 is 19.1 Å². The fraction of sp³-hybridized carbons (Fsp3) is 0.375. The van der Waals surface area contributed by atoms with Gasteiger partial charge in [0.1, 0.15) is 24.1 Å². The Morgan fingerprint density at radius 3 is 2.21 bits per heavy atom. The predicted molar refractivity (Wildman–Crippen MR) is 164 cm³/mol. The maximum Gasteiger partial charge on any atom is 0.264 e. The average molecular weight is 596 g/mol. The Morgan fingerprint density at radius 2 is 1.60 bits per heavy atom. The van der Waals surface area contributed by atoms with Gasteiger partial charge < -0.3 is 19.7 Å². The number of aryl methyl sites for hydroxylation is 1. The Labute approximate surface area is 249 Å². The molecule has 3 aromatic carbocycles. The Hall–Kier alpha value is -4.05. The summed E-state index contributed by atoms with van der Waals surface area (Å²) in [7, 11) is -1.21. The molecule has 0 aromatic heterocycles. The molecule has 0 aliphatic rings. The maximum atomic E-state index is 14.2. The third kappa shape index (κ3) is 7.82. The summed E-state index contributed by atoms with van der Waals surface area (Å²) in [5.41, 5.74) is 1.85. The van der Waals surface area contributed by atoms with Crippen LogP contribution in [0.2, 0.25) is 0 Å². The summed E-state index contributed by atoms with van der Waals surface area (Å²) >= 11 is 0. The molecule has 42 heavy (non-hydrogen) atoms. The van der Waals surface area contributed by atoms with E-state index in [4.69, 9.17) is 9.47 Å². The lowest BCUT2D eigenvalue weighted by Gasteiger charge is -2.34. The van der Waals surface area contributed by atoms with Gasteiger partial charge in [0.25, 0.3) is 10.0 Å². The van der Waals surface area contributed by atoms with Crippen LogP contribution in [0.3, 0.4) is 0 Å². The summed E-state index contributed by atoms with van der Waals surface area (Å²) in [6.45, 7) is 7.08. The molecule has 3 aromatic rings. The van der Waals surface area contributed by atoms with Gasteiger partial charge in [-0.1, -0.05) is 55.8 Å². The molecule has 0 radical (unpaired) electrons. The van der Waals surface area contributed by atoms with Crippen LogP contribution in [0, 0.1) is 6.92 Å². The van der Waals surface area contributed by atoms with Gasteiger partial charge in [0, 0.05) is 12.6 Å². The van der Waals surface area contributed by atoms with Gasteiger partial charge in [-0.15, -0.1) is 0 Å². The average Bonchev–Trinajstić information content (AvgIpc) is 2.99. The third-order valence-electron chi connectivity index (χ3n) is 7.12. The second-order valence-corrected chi connectivity index (χ2v) is 12.0. The van der Waals surface area contributed by atoms with Crippen molar-refractivity contribution in [3.8, 4) is 11.5 Å². The van der Waals surface area contributed by atoms with Crippen molar-refractivity contribution in [2.24, 2.45) is 0 Å². The summed E-state index contributed by atoms with van der Waals surface area (Å²) in [6.07, 6.45) is 1.06. The van der Waals surface area contributed by atoms with E-state index in [1.807, 2.05) is 33.8 Å². The van der Waals surface area contributed by atoms with E-state index in [0.29, 0.717) is 17.9 Å². The lowest BCUT2D eigenvalue weighted by Crippen LogP contribution is -2.53. The van der Waals surface area contributed by atoms with E-state index in [2.05, 4.69) is 5.32 Å². The molecule has 0 heterocycles. The third-order valence-corrected chi connectivity index (χ3v) is 8.89. The molecular formula is C32H41N3O6S. The SMILES string of the molecule is CC[C@H](C)NC(=O)[C@H](CC)N(Cc1cccc(OC)c1)C(=O)CN(c1ccccc1OC)S(=O)(=O)c1ccc(C)cc1. The van der Waals surface area contributed by atoms with E-state index in [-0.39, 0.29) is 29.1 Å². The van der Waals surface area contributed by atoms with Crippen molar-refractivity contribution in [2.45, 2.75) is 64.1 Å². The molecule has 0 bridgehead atoms. The molecule has 1 N–H and O–H groups in total. The van der Waals surface area contributed by atoms with E-state index in [9.17, 15) is 18.0 Å². The van der Waals surface area contributed by atoms with Gasteiger partial charge in [-0.25, -0.2) is 8.42 Å². The van der Waals surface area contributed by atoms with Crippen LogP contribution in [-0.2, 0) is 26.2 Å². The highest BCUT2D eigenvalue weighted by molar-refractivity contribution is 7.92. The number of rotatable bonds is 14. The lowest BCUT2D eigenvalue weighted by molar-refractivity contribution is -0.140. The van der Waals surface area contributed by atoms with Crippen molar-refractivity contribution < 1.29 is 27.5 Å². The van der Waals surface area contributed by atoms with Gasteiger partial charge in [0.2, 0.25) is 11.8 Å². The molecule has 3 rings (SSSR count). The molecule has 226 valence electrons. The largest absolute Gasteiger partial charge is 0.497 e. The summed E-state index contributed by atoms with van der Waals surface area (Å²) in [6, 6.07) is 19.4. The topological polar surface area (TPSA) is 105 Å². The van der Waals surface area contributed by atoms with Crippen molar-refractivity contribution in [3.63, 3.8) is 0 Å². The molecule has 2 atom stereocenters. The first-order valence-corrected chi connectivity index (χ1v) is 15.4. The molecule has 0 fully saturated rings. The number of sulfonamides is 1. The van der Waals surface area contributed by atoms with Crippen LogP contribution in [0.15, 0.2) is 77.7 Å². The zero-order chi connectivity index (χ0) is 30.9. The Kier molecular flexibility index (Phi) is 11.4. The summed E-state index contributed by atoms with van der Waals surface area (Å²) in [4.78, 5) is 29.2. The highest BCUT2D eigenvalue weighted by atomic mass is 32.2. The number of anilines is 1. The first kappa shape index (κ1) is 32.5. The van der Waals surface area contributed by atoms with Gasteiger partial charge in [0.15, 0.2) is 0 Å². The van der Waals surface area contributed by atoms with Gasteiger partial charge in [-0.3, -0.25) is 13.9 Å². The number of nitrogens with one attached hydrogen (secondary N) is 1. The van der Waals surface area contributed by atoms with Gasteiger partial charge >= 0.3 is 0 Å². The zero-order valence-corrected chi connectivity index (χ0v) is 26.0. The Balaban J connectivity index is 2.11. The fourth-order valence-corrected chi connectivity index (χ4v) is 5.94. The number of benzene rings is 3. The highest BCUT2D eigenvalue weighted by Crippen LogP contribution is 2.32. The molecule has 2 amide bonds. The van der Waals surface area contributed by atoms with E-state index >= 15 is 0 Å². The molecule has 0 spiro atoms. The minimum absolute atomic E-state index is 0.0349. The van der Waals surface area contributed by atoms with Crippen LogP contribution >= 0.6 is 0 Å². The van der Waals surface area contributed by atoms with Crippen LogP contribution in [0.25, 0.3) is 0 Å². The van der Waals surface area contributed by atoms with Crippen molar-refractivity contribution in [1.82, 2.24) is 10.2 Å². The van der Waals surface area contributed by atoms with Crippen molar-refractivity contribution >= 4 is 27.5 Å². The number of hydrogen-bond donors (Lipinski definition) is 1. The van der Waals surface area contributed by atoms with Gasteiger partial charge in [0.05, 0.1) is 24.8 Å². The number of para-hydroxylation sites is 2. The number of nitrogens with zero attached hydrogens (tertiary/aromatic N) is 2. The number of carbonyl (C=O) groups excluding carboxylic acids is 2. The van der Waals surface area contributed by atoms with Gasteiger partial charge in [-0.2, -0.15) is 0 Å². The maximum absolute atomic E-state index is 14.2. The van der Waals surface area contributed by atoms with Crippen LogP contribution in [-0.4, -0.2) is 58.0 Å². The lowest BCUT2D eigenvalue weighted by atomic mass is 10.1. The second-order valence-electron chi connectivity index (χ2n) is 10.1. The Morgan fingerprint density at radius 1 is 0.905 bits per heavy atom. The summed E-state index contributed by atoms with van der Waals surface area (Å²) in [5, 5.41) is 2.98. The molecule has 0 saturated carbocycles. The highest BCUT2D eigenvalue weighted by Gasteiger charge is 2.35. The Bertz CT molecular complexity index is 1460. The van der Waals surface area contributed by atoms with Crippen LogP contribution in [0.1, 0.15) is 44.7 Å². The minimum atomic E-state index is -4.21. The number of amides is 2. The first-order chi connectivity index (χ1) is 20.0. The quantitative estimate of drug-likeness (QED) is 0.283. The van der Waals surface area contributed by atoms with Gasteiger partial charge in [-0.05, 0) is 68.7 Å². The molecule has 0 unspecified atom stereocenters. The molecular weight excluding hydrogens is 554 g/mol. The molecule has 0 saturated heterocycles. The predicted octanol–water partition coefficient (Wildman–Crippen LogP) is 4.93. The minimum Gasteiger partial charge on any atom is -0.497 e. The van der Waals surface area contributed by atoms with Crippen molar-refractivity contribution in [1.29, 1.82) is 0 Å². The number of hydrogen-bond acceptors (Lipinski definition) is 6. The monoisotopic (exact) mass is 595 g/mol. The summed E-state index contributed by atoms with van der Waals surface area (Å²) in [5.74, 6) is 0.0652. The zero-order valence-electron chi connectivity index (χ0n) is 25.2. The smallest absolute Gasteiger partial charge is 0.264 e. The van der Waals surface area contributed by atoms with E-state index in [1.54, 1.807) is 61.7 Å². The van der Waals surface area contributed by atoms with E-state index in [1.165, 1.54) is 24.1 Å². The summed E-state index contributed by atoms with van der Waals surface area (Å²) < 4.78 is 40.1. The molecule has 10 heteroatoms. The molecule has 0 aliphatic heterocycles. The van der Waals surface area contributed by atoms with Crippen molar-refractivity contribution in [3.05, 3.63) is 83.9 Å². The molecule has 0 aliphatic carbocycles. The fourth-order valence-electron chi connectivity index (χ4n) is 4.51. The standard InChI is InChI=1S/C32H41N3O6S/c1-7-24(4)33-32(37)28(8-2)34(21-25-12-11-13-26(20-25)40-5)31(36)22-35(29-14-9-10-15-30(29)41-6)42(38,39)27-18-16-23(3)17-19-27/h9-20,24,28H,7-8,21-22H2,1-6H3,(H,33,37)/t24-,28-/m0/s1. The van der Waals surface area contributed by atoms with Crippen LogP contribution in [0.5, 0.6) is 11.5 Å². The van der Waals surface area contributed by atoms with Crippen molar-refractivity contribution in [2.75, 3.05) is 25.1 Å². The second kappa shape index (κ2) is 14.7. The van der Waals surface area contributed by atoms with E-state index < -0.39 is 28.5 Å². The number of ether oxygens (including phenoxy) is 2. The van der Waals surface area contributed by atoms with E-state index in [0.717, 1.165) is 21.9 Å². The molecule has 9 nitrogen and oxygen atoms in total. The number of methoxy groups -OCH3 is 2. The first-order valence-electron chi connectivity index (χ1n) is 14.0.